The second-order valence-electron chi connectivity index (χ2n) is 2.91. The maximum atomic E-state index is 4.19. The first-order chi connectivity index (χ1) is 6.84. The van der Waals surface area contributed by atoms with Gasteiger partial charge in [0.25, 0.3) is 0 Å². The van der Waals surface area contributed by atoms with Crippen LogP contribution in [0.25, 0.3) is 0 Å². The molecule has 2 rings (SSSR count). The molecule has 0 spiro atoms. The lowest BCUT2D eigenvalue weighted by atomic mass is 10.4. The molecule has 0 aliphatic rings. The third kappa shape index (κ3) is 2.29. The molecule has 0 amide bonds. The van der Waals surface area contributed by atoms with Crippen LogP contribution >= 0.6 is 11.3 Å². The van der Waals surface area contributed by atoms with Crippen LogP contribution < -0.4 is 5.32 Å². The van der Waals surface area contributed by atoms with Gasteiger partial charge in [0.15, 0.2) is 0 Å². The lowest BCUT2D eigenvalue weighted by molar-refractivity contribution is 1.13. The van der Waals surface area contributed by atoms with Gasteiger partial charge in [-0.2, -0.15) is 0 Å². The number of hydrogen-bond acceptors (Lipinski definition) is 4. The Morgan fingerprint density at radius 2 is 2.29 bits per heavy atom. The molecule has 3 nitrogen and oxygen atoms in total. The largest absolute Gasteiger partial charge is 0.365 e. The van der Waals surface area contributed by atoms with Gasteiger partial charge in [0, 0.05) is 17.3 Å². The molecule has 0 unspecified atom stereocenters. The van der Waals surface area contributed by atoms with Crippen LogP contribution in [0.3, 0.4) is 0 Å². The van der Waals surface area contributed by atoms with Gasteiger partial charge in [-0.15, -0.1) is 11.3 Å². The van der Waals surface area contributed by atoms with Gasteiger partial charge >= 0.3 is 0 Å². The van der Waals surface area contributed by atoms with E-state index in [-0.39, 0.29) is 0 Å². The van der Waals surface area contributed by atoms with Crippen molar-refractivity contribution in [2.24, 2.45) is 0 Å². The van der Waals surface area contributed by atoms with Crippen molar-refractivity contribution in [1.29, 1.82) is 0 Å². The summed E-state index contributed by atoms with van der Waals surface area (Å²) in [5, 5.41) is 4.33. The quantitative estimate of drug-likeness (QED) is 0.836. The van der Waals surface area contributed by atoms with Gasteiger partial charge < -0.3 is 5.32 Å². The molecule has 14 heavy (non-hydrogen) atoms. The molecule has 0 aromatic carbocycles. The molecule has 0 saturated heterocycles. The summed E-state index contributed by atoms with van der Waals surface area (Å²) in [6.07, 6.45) is 3.68. The average molecular weight is 205 g/mol. The first kappa shape index (κ1) is 9.15. The Bertz CT molecular complexity index is 397. The van der Waals surface area contributed by atoms with E-state index >= 15 is 0 Å². The van der Waals surface area contributed by atoms with Gasteiger partial charge in [-0.1, -0.05) is 6.07 Å². The van der Waals surface area contributed by atoms with E-state index < -0.39 is 0 Å². The number of rotatable bonds is 3. The normalized spacial score (nSPS) is 10.1. The van der Waals surface area contributed by atoms with E-state index in [0.29, 0.717) is 0 Å². The topological polar surface area (TPSA) is 37.8 Å². The predicted molar refractivity (Wildman–Crippen MR) is 58.4 cm³/mol. The minimum absolute atomic E-state index is 0.794. The Hall–Kier alpha value is -1.42. The molecule has 2 aromatic rings. The Morgan fingerprint density at radius 1 is 1.36 bits per heavy atom. The summed E-state index contributed by atoms with van der Waals surface area (Å²) in [5.41, 5.74) is 0. The fourth-order valence-electron chi connectivity index (χ4n) is 1.13. The lowest BCUT2D eigenvalue weighted by Crippen LogP contribution is -1.98. The van der Waals surface area contributed by atoms with Crippen LogP contribution in [-0.4, -0.2) is 9.97 Å². The summed E-state index contributed by atoms with van der Waals surface area (Å²) in [6, 6.07) is 5.82. The fraction of sp³-hybridized carbons (Fsp3) is 0.200. The van der Waals surface area contributed by atoms with E-state index in [1.165, 1.54) is 4.88 Å². The van der Waals surface area contributed by atoms with E-state index in [9.17, 15) is 0 Å². The minimum Gasteiger partial charge on any atom is -0.365 e. The molecule has 0 aliphatic carbocycles. The maximum absolute atomic E-state index is 4.19. The molecule has 1 N–H and O–H groups in total. The molecule has 72 valence electrons. The highest BCUT2D eigenvalue weighted by Gasteiger charge is 1.97. The van der Waals surface area contributed by atoms with Crippen LogP contribution in [0.1, 0.15) is 9.88 Å². The Labute approximate surface area is 86.8 Å². The number of aryl methyl sites for hydroxylation is 1. The highest BCUT2D eigenvalue weighted by molar-refractivity contribution is 7.11. The molecule has 0 fully saturated rings. The molecule has 0 saturated carbocycles. The summed E-state index contributed by atoms with van der Waals surface area (Å²) < 4.78 is 0. The minimum atomic E-state index is 0.794. The molecule has 0 atom stereocenters. The van der Waals surface area contributed by atoms with Crippen molar-refractivity contribution in [3.63, 3.8) is 0 Å². The lowest BCUT2D eigenvalue weighted by Gasteiger charge is -2.01. The monoisotopic (exact) mass is 205 g/mol. The van der Waals surface area contributed by atoms with Crippen LogP contribution in [0.15, 0.2) is 30.6 Å². The fourth-order valence-corrected chi connectivity index (χ4v) is 1.87. The van der Waals surface area contributed by atoms with Crippen molar-refractivity contribution in [3.05, 3.63) is 40.5 Å². The van der Waals surface area contributed by atoms with Crippen molar-refractivity contribution < 1.29 is 0 Å². The Balaban J connectivity index is 1.95. The second-order valence-corrected chi connectivity index (χ2v) is 4.23. The van der Waals surface area contributed by atoms with E-state index in [2.05, 4.69) is 15.3 Å². The van der Waals surface area contributed by atoms with Crippen LogP contribution in [0, 0.1) is 6.92 Å². The second kappa shape index (κ2) is 4.19. The van der Waals surface area contributed by atoms with Gasteiger partial charge in [0.1, 0.15) is 5.82 Å². The molecule has 4 heteroatoms. The molecule has 0 aliphatic heterocycles. The molecule has 0 bridgehead atoms. The number of nitrogens with one attached hydrogen (secondary N) is 1. The zero-order chi connectivity index (χ0) is 9.80. The molecule has 2 aromatic heterocycles. The molecular weight excluding hydrogens is 194 g/mol. The SMILES string of the molecule is Cc1ncc(CNc2ccccn2)s1. The summed E-state index contributed by atoms with van der Waals surface area (Å²) in [7, 11) is 0. The predicted octanol–water partition coefficient (Wildman–Crippen LogP) is 2.46. The standard InChI is InChI=1S/C10H11N3S/c1-8-12-6-9(14-8)7-13-10-4-2-3-5-11-10/h2-6H,7H2,1H3,(H,11,13). The average Bonchev–Trinajstić information content (AvgIpc) is 2.63. The highest BCUT2D eigenvalue weighted by atomic mass is 32.1. The Kier molecular flexibility index (Phi) is 2.74. The summed E-state index contributed by atoms with van der Waals surface area (Å²) >= 11 is 1.71. The summed E-state index contributed by atoms with van der Waals surface area (Å²) in [4.78, 5) is 9.59. The number of aromatic nitrogens is 2. The first-order valence-corrected chi connectivity index (χ1v) is 5.22. The van der Waals surface area contributed by atoms with Crippen molar-refractivity contribution in [1.82, 2.24) is 9.97 Å². The molecule has 0 radical (unpaired) electrons. The third-order valence-corrected chi connectivity index (χ3v) is 2.69. The third-order valence-electron chi connectivity index (χ3n) is 1.78. The smallest absolute Gasteiger partial charge is 0.126 e. The van der Waals surface area contributed by atoms with Gasteiger partial charge in [-0.05, 0) is 19.1 Å². The molecule has 2 heterocycles. The van der Waals surface area contributed by atoms with Crippen LogP contribution in [0.2, 0.25) is 0 Å². The highest BCUT2D eigenvalue weighted by Crippen LogP contribution is 2.12. The summed E-state index contributed by atoms with van der Waals surface area (Å²) in [6.45, 7) is 2.80. The van der Waals surface area contributed by atoms with Gasteiger partial charge in [0.2, 0.25) is 0 Å². The van der Waals surface area contributed by atoms with Crippen molar-refractivity contribution >= 4 is 17.2 Å². The first-order valence-electron chi connectivity index (χ1n) is 4.41. The Morgan fingerprint density at radius 3 is 2.93 bits per heavy atom. The van der Waals surface area contributed by atoms with Gasteiger partial charge in [0.05, 0.1) is 11.6 Å². The zero-order valence-corrected chi connectivity index (χ0v) is 8.71. The van der Waals surface area contributed by atoms with E-state index in [1.807, 2.05) is 31.3 Å². The van der Waals surface area contributed by atoms with E-state index in [4.69, 9.17) is 0 Å². The van der Waals surface area contributed by atoms with E-state index in [1.54, 1.807) is 17.5 Å². The van der Waals surface area contributed by atoms with Crippen molar-refractivity contribution in [2.75, 3.05) is 5.32 Å². The van der Waals surface area contributed by atoms with Crippen LogP contribution in [-0.2, 0) is 6.54 Å². The molecular formula is C10H11N3S. The number of anilines is 1. The van der Waals surface area contributed by atoms with Crippen molar-refractivity contribution in [2.45, 2.75) is 13.5 Å². The van der Waals surface area contributed by atoms with Gasteiger partial charge in [-0.3, -0.25) is 0 Å². The van der Waals surface area contributed by atoms with Crippen molar-refractivity contribution in [3.8, 4) is 0 Å². The van der Waals surface area contributed by atoms with Gasteiger partial charge in [-0.25, -0.2) is 9.97 Å². The number of thiazole rings is 1. The van der Waals surface area contributed by atoms with Crippen LogP contribution in [0.5, 0.6) is 0 Å². The maximum Gasteiger partial charge on any atom is 0.126 e. The number of pyridine rings is 1. The number of nitrogens with zero attached hydrogens (tertiary/aromatic N) is 2. The zero-order valence-electron chi connectivity index (χ0n) is 7.90. The van der Waals surface area contributed by atoms with Crippen LogP contribution in [0.4, 0.5) is 5.82 Å². The number of hydrogen-bond donors (Lipinski definition) is 1. The van der Waals surface area contributed by atoms with E-state index in [0.717, 1.165) is 17.4 Å². The summed E-state index contributed by atoms with van der Waals surface area (Å²) in [5.74, 6) is 0.901.